The van der Waals surface area contributed by atoms with Crippen LogP contribution in [0.5, 0.6) is 17.2 Å². The molecule has 1 aliphatic rings. The summed E-state index contributed by atoms with van der Waals surface area (Å²) < 4.78 is 12.6. The highest BCUT2D eigenvalue weighted by atomic mass is 16.5. The molecule has 7 nitrogen and oxygen atoms in total. The first-order valence-corrected chi connectivity index (χ1v) is 13.6. The maximum atomic E-state index is 13.3. The second-order valence-electron chi connectivity index (χ2n) is 10.8. The SMILES string of the molecule is C[C@H]1CN([C@@H](C)CO)C(=O)Cc2cc(N(C)C)ccc2O[C@@H]1CN(C)Cc1ccc(Oc2ccccc2)cc1. The summed E-state index contributed by atoms with van der Waals surface area (Å²) in [6.45, 7) is 5.91. The number of carbonyl (C=O) groups is 1. The van der Waals surface area contributed by atoms with E-state index < -0.39 is 0 Å². The molecule has 0 aliphatic carbocycles. The molecule has 0 unspecified atom stereocenters. The Balaban J connectivity index is 1.50. The van der Waals surface area contributed by atoms with E-state index in [0.29, 0.717) is 13.1 Å². The van der Waals surface area contributed by atoms with E-state index in [9.17, 15) is 9.90 Å². The minimum atomic E-state index is -0.256. The average molecular weight is 532 g/mol. The fourth-order valence-electron chi connectivity index (χ4n) is 4.88. The molecule has 1 heterocycles. The number of amides is 1. The lowest BCUT2D eigenvalue weighted by atomic mass is 10.0. The Kier molecular flexibility index (Phi) is 9.49. The molecule has 0 fully saturated rings. The zero-order valence-electron chi connectivity index (χ0n) is 23.7. The van der Waals surface area contributed by atoms with Gasteiger partial charge in [0.2, 0.25) is 5.91 Å². The van der Waals surface area contributed by atoms with Crippen molar-refractivity contribution in [1.29, 1.82) is 0 Å². The topological polar surface area (TPSA) is 65.5 Å². The Morgan fingerprint density at radius 3 is 2.38 bits per heavy atom. The molecular weight excluding hydrogens is 490 g/mol. The van der Waals surface area contributed by atoms with Crippen molar-refractivity contribution in [2.24, 2.45) is 5.92 Å². The zero-order valence-corrected chi connectivity index (χ0v) is 23.7. The number of carbonyl (C=O) groups excluding carboxylic acids is 1. The minimum absolute atomic E-state index is 0.0102. The van der Waals surface area contributed by atoms with E-state index >= 15 is 0 Å². The van der Waals surface area contributed by atoms with Crippen LogP contribution in [0.25, 0.3) is 0 Å². The summed E-state index contributed by atoms with van der Waals surface area (Å²) in [7, 11) is 6.06. The number of benzene rings is 3. The Bertz CT molecular complexity index is 1220. The third-order valence-corrected chi connectivity index (χ3v) is 7.26. The van der Waals surface area contributed by atoms with Crippen LogP contribution in [0.3, 0.4) is 0 Å². The zero-order chi connectivity index (χ0) is 27.9. The molecule has 1 amide bonds. The van der Waals surface area contributed by atoms with Crippen LogP contribution in [-0.4, -0.2) is 73.8 Å². The number of nitrogens with zero attached hydrogens (tertiary/aromatic N) is 3. The van der Waals surface area contributed by atoms with E-state index in [4.69, 9.17) is 9.47 Å². The number of para-hydroxylation sites is 1. The first kappa shape index (κ1) is 28.5. The number of hydrogen-bond donors (Lipinski definition) is 1. The first-order chi connectivity index (χ1) is 18.7. The number of ether oxygens (including phenoxy) is 2. The molecule has 1 aliphatic heterocycles. The van der Waals surface area contributed by atoms with Gasteiger partial charge in [-0.1, -0.05) is 37.3 Å². The van der Waals surface area contributed by atoms with Crippen molar-refractivity contribution >= 4 is 11.6 Å². The summed E-state index contributed by atoms with van der Waals surface area (Å²) in [6.07, 6.45) is 0.104. The largest absolute Gasteiger partial charge is 0.488 e. The Labute approximate surface area is 232 Å². The number of rotatable bonds is 9. The van der Waals surface area contributed by atoms with E-state index in [1.165, 1.54) is 5.56 Å². The van der Waals surface area contributed by atoms with Crippen LogP contribution in [0.4, 0.5) is 5.69 Å². The second-order valence-corrected chi connectivity index (χ2v) is 10.8. The number of hydrogen-bond acceptors (Lipinski definition) is 6. The van der Waals surface area contributed by atoms with Crippen molar-refractivity contribution in [3.8, 4) is 17.2 Å². The van der Waals surface area contributed by atoms with Crippen molar-refractivity contribution in [3.63, 3.8) is 0 Å². The Hall–Kier alpha value is -3.55. The maximum absolute atomic E-state index is 13.3. The third-order valence-electron chi connectivity index (χ3n) is 7.26. The normalized spacial score (nSPS) is 18.4. The van der Waals surface area contributed by atoms with Crippen LogP contribution in [0, 0.1) is 5.92 Å². The summed E-state index contributed by atoms with van der Waals surface area (Å²) in [5.74, 6) is 2.44. The van der Waals surface area contributed by atoms with Crippen LogP contribution in [-0.2, 0) is 17.8 Å². The summed E-state index contributed by atoms with van der Waals surface area (Å²) in [4.78, 5) is 19.4. The molecule has 4 rings (SSSR count). The Morgan fingerprint density at radius 2 is 1.72 bits per heavy atom. The predicted octanol–water partition coefficient (Wildman–Crippen LogP) is 4.83. The lowest BCUT2D eigenvalue weighted by molar-refractivity contribution is -0.134. The highest BCUT2D eigenvalue weighted by Crippen LogP contribution is 2.30. The maximum Gasteiger partial charge on any atom is 0.227 e. The van der Waals surface area contributed by atoms with Crippen molar-refractivity contribution < 1.29 is 19.4 Å². The fraction of sp³-hybridized carbons (Fsp3) is 0.406. The summed E-state index contributed by atoms with van der Waals surface area (Å²) >= 11 is 0. The molecule has 7 heteroatoms. The molecule has 0 saturated heterocycles. The molecule has 3 aromatic rings. The van der Waals surface area contributed by atoms with Gasteiger partial charge in [0.15, 0.2) is 0 Å². The van der Waals surface area contributed by atoms with Gasteiger partial charge in [-0.25, -0.2) is 0 Å². The molecule has 3 atom stereocenters. The molecule has 0 saturated carbocycles. The minimum Gasteiger partial charge on any atom is -0.488 e. The van der Waals surface area contributed by atoms with Gasteiger partial charge >= 0.3 is 0 Å². The van der Waals surface area contributed by atoms with Gasteiger partial charge < -0.3 is 24.4 Å². The molecule has 3 aromatic carbocycles. The Morgan fingerprint density at radius 1 is 1.03 bits per heavy atom. The van der Waals surface area contributed by atoms with Crippen LogP contribution >= 0.6 is 0 Å². The van der Waals surface area contributed by atoms with E-state index in [0.717, 1.165) is 35.0 Å². The quantitative estimate of drug-likeness (QED) is 0.427. The van der Waals surface area contributed by atoms with Crippen LogP contribution in [0.15, 0.2) is 72.8 Å². The molecule has 0 spiro atoms. The number of likely N-dealkylation sites (N-methyl/N-ethyl adjacent to an activating group) is 1. The predicted molar refractivity (Wildman–Crippen MR) is 156 cm³/mol. The number of aliphatic hydroxyl groups is 1. The van der Waals surface area contributed by atoms with Gasteiger partial charge in [0.1, 0.15) is 23.4 Å². The van der Waals surface area contributed by atoms with E-state index in [1.807, 2.05) is 91.5 Å². The fourth-order valence-corrected chi connectivity index (χ4v) is 4.88. The summed E-state index contributed by atoms with van der Waals surface area (Å²) in [5, 5.41) is 9.86. The lowest BCUT2D eigenvalue weighted by Gasteiger charge is -2.34. The first-order valence-electron chi connectivity index (χ1n) is 13.6. The number of fused-ring (bicyclic) bond motifs is 1. The van der Waals surface area contributed by atoms with Gasteiger partial charge in [-0.15, -0.1) is 0 Å². The van der Waals surface area contributed by atoms with Gasteiger partial charge in [-0.3, -0.25) is 9.69 Å². The van der Waals surface area contributed by atoms with Gasteiger partial charge in [0.05, 0.1) is 19.1 Å². The molecular formula is C32H41N3O4. The summed E-state index contributed by atoms with van der Waals surface area (Å²) in [6, 6.07) is 23.7. The van der Waals surface area contributed by atoms with E-state index in [2.05, 4.69) is 31.0 Å². The van der Waals surface area contributed by atoms with Crippen molar-refractivity contribution in [1.82, 2.24) is 9.80 Å². The molecule has 0 bridgehead atoms. The average Bonchev–Trinajstić information content (AvgIpc) is 2.97. The molecule has 1 N–H and O–H groups in total. The number of anilines is 1. The number of aliphatic hydroxyl groups excluding tert-OH is 1. The molecule has 208 valence electrons. The van der Waals surface area contributed by atoms with Gasteiger partial charge in [0, 0.05) is 50.9 Å². The molecule has 39 heavy (non-hydrogen) atoms. The highest BCUT2D eigenvalue weighted by Gasteiger charge is 2.31. The molecule has 0 aromatic heterocycles. The van der Waals surface area contributed by atoms with E-state index in [1.54, 1.807) is 0 Å². The van der Waals surface area contributed by atoms with Crippen molar-refractivity contribution in [3.05, 3.63) is 83.9 Å². The van der Waals surface area contributed by atoms with Crippen LogP contribution in [0.1, 0.15) is 25.0 Å². The van der Waals surface area contributed by atoms with Crippen molar-refractivity contribution in [2.75, 3.05) is 45.7 Å². The molecule has 0 radical (unpaired) electrons. The van der Waals surface area contributed by atoms with Crippen molar-refractivity contribution in [2.45, 2.75) is 39.0 Å². The van der Waals surface area contributed by atoms with Gasteiger partial charge in [-0.05, 0) is 62.0 Å². The summed E-state index contributed by atoms with van der Waals surface area (Å²) in [5.41, 5.74) is 3.07. The van der Waals surface area contributed by atoms with E-state index in [-0.39, 0.29) is 37.0 Å². The van der Waals surface area contributed by atoms with Crippen LogP contribution < -0.4 is 14.4 Å². The smallest absolute Gasteiger partial charge is 0.227 e. The highest BCUT2D eigenvalue weighted by molar-refractivity contribution is 5.80. The van der Waals surface area contributed by atoms with Crippen LogP contribution in [0.2, 0.25) is 0 Å². The lowest BCUT2D eigenvalue weighted by Crippen LogP contribution is -2.47. The monoisotopic (exact) mass is 531 g/mol. The standard InChI is InChI=1S/C32H41N3O4/c1-23-19-35(24(2)22-36)32(37)18-26-17-27(33(3)4)13-16-30(26)39-31(23)21-34(5)20-25-11-14-29(15-12-25)38-28-9-7-6-8-10-28/h6-17,23-24,31,36H,18-22H2,1-5H3/t23-,24-,31+/m0/s1. The third kappa shape index (κ3) is 7.52. The second kappa shape index (κ2) is 13.0. The van der Waals surface area contributed by atoms with Gasteiger partial charge in [0.25, 0.3) is 0 Å². The van der Waals surface area contributed by atoms with Gasteiger partial charge in [-0.2, -0.15) is 0 Å².